The number of phenolic OH excluding ortho intramolecular Hbond substituents is 1. The molecule has 0 unspecified atom stereocenters. The van der Waals surface area contributed by atoms with Gasteiger partial charge < -0.3 is 24.4 Å². The van der Waals surface area contributed by atoms with Crippen molar-refractivity contribution in [2.45, 2.75) is 84.0 Å². The summed E-state index contributed by atoms with van der Waals surface area (Å²) >= 11 is 3.26. The Bertz CT molecular complexity index is 2800. The predicted octanol–water partition coefficient (Wildman–Crippen LogP) is 8.46. The number of amides is 1. The fourth-order valence-corrected chi connectivity index (χ4v) is 10.8. The Kier molecular flexibility index (Phi) is 12.1. The summed E-state index contributed by atoms with van der Waals surface area (Å²) in [7, 11) is 0. The quantitative estimate of drug-likeness (QED) is 0.0736. The topological polar surface area (TPSA) is 196 Å². The minimum absolute atomic E-state index is 0.000110. The third kappa shape index (κ3) is 8.64. The maximum absolute atomic E-state index is 14.3. The number of hydrogen-bond acceptors (Lipinski definition) is 15. The second kappa shape index (κ2) is 18.0. The second-order valence-corrected chi connectivity index (χ2v) is 18.7. The minimum Gasteiger partial charge on any atom is -0.507 e. The molecule has 330 valence electrons. The molecule has 2 aliphatic rings. The van der Waals surface area contributed by atoms with Gasteiger partial charge in [0.15, 0.2) is 5.76 Å². The summed E-state index contributed by atoms with van der Waals surface area (Å²) in [6.45, 7) is 11.3. The van der Waals surface area contributed by atoms with E-state index < -0.39 is 18.2 Å². The minimum atomic E-state index is -0.946. The van der Waals surface area contributed by atoms with Gasteiger partial charge in [-0.25, -0.2) is 9.97 Å². The number of hydrazine groups is 1. The fraction of sp³-hybridized carbons (Fsp3) is 0.370. The molecule has 0 spiro atoms. The number of ether oxygens (including phenoxy) is 1. The summed E-state index contributed by atoms with van der Waals surface area (Å²) < 4.78 is 11.7. The number of aliphatic hydroxyl groups excluding tert-OH is 1. The Morgan fingerprint density at radius 1 is 1.02 bits per heavy atom. The molecule has 2 aromatic carbocycles. The number of para-hydroxylation sites is 1. The van der Waals surface area contributed by atoms with E-state index in [2.05, 4.69) is 42.6 Å². The lowest BCUT2D eigenvalue weighted by Crippen LogP contribution is -2.49. The Hall–Kier alpha value is -6.37. The summed E-state index contributed by atoms with van der Waals surface area (Å²) in [5.41, 5.74) is 10.2. The number of phenols is 1. The normalized spacial score (nSPS) is 17.9. The summed E-state index contributed by atoms with van der Waals surface area (Å²) in [5, 5.41) is 35.2. The van der Waals surface area contributed by atoms with Crippen LogP contribution in [0.2, 0.25) is 0 Å². The van der Waals surface area contributed by atoms with E-state index in [1.165, 1.54) is 15.3 Å². The molecule has 5 aromatic heterocycles. The fourth-order valence-electron chi connectivity index (χ4n) is 8.76. The Morgan fingerprint density at radius 2 is 1.80 bits per heavy atom. The molecule has 16 nitrogen and oxygen atoms in total. The molecule has 0 saturated carbocycles. The molecule has 2 saturated heterocycles. The highest BCUT2D eigenvalue weighted by Gasteiger charge is 2.48. The van der Waals surface area contributed by atoms with Gasteiger partial charge in [-0.05, 0) is 91.6 Å². The van der Waals surface area contributed by atoms with Gasteiger partial charge in [0.25, 0.3) is 5.88 Å². The monoisotopic (exact) mass is 901 g/mol. The third-order valence-electron chi connectivity index (χ3n) is 12.2. The Balaban J connectivity index is 0.828. The standard InChI is InChI=1S/C46H48N10O6S2/c1-25(2)41(45(59)55-23-32(57)20-40(55)56(60)52-27(4)29-10-12-30(13-11-29)43-28(5)48-24-63-43)37-22-39(53-62-37)61-46-47-17-14-38(49-46)54-18-15-31(16-19-54)42-26(3)34-21-35(50-51-44(34)64-42)33-8-6-7-9-36(33)58/h6-14,17,21-22,24-25,27,31-32,40-41,57H,15-16,18-20,23H2,1-5H3,(H-,50,52,58,60)/p+1/t27-,32+,40+,41+/m0/s1. The number of rotatable bonds is 13. The van der Waals surface area contributed by atoms with Gasteiger partial charge in [-0.1, -0.05) is 50.2 Å². The van der Waals surface area contributed by atoms with Gasteiger partial charge in [-0.15, -0.1) is 38.3 Å². The number of likely N-dealkylation sites (tertiary alicyclic amines) is 1. The molecule has 0 aliphatic carbocycles. The second-order valence-electron chi connectivity index (χ2n) is 16.8. The van der Waals surface area contributed by atoms with Crippen molar-refractivity contribution < 1.29 is 29.1 Å². The van der Waals surface area contributed by atoms with Crippen LogP contribution in [-0.2, 0) is 4.79 Å². The predicted molar refractivity (Wildman–Crippen MR) is 243 cm³/mol. The van der Waals surface area contributed by atoms with Crippen molar-refractivity contribution in [3.63, 3.8) is 0 Å². The molecule has 2 fully saturated rings. The number of aryl methyl sites for hydroxylation is 2. The molecule has 7 heterocycles. The average molecular weight is 902 g/mol. The SMILES string of the molecule is Cc1ncsc1-c1ccc([C@H](C)N[N+](=O)[C@@H]2C[C@@H](O)CN2C(=O)[C@@H](c2cc(Oc3nccc(N4CCC(c5sc6nnc(-c7ccccc7O)cc6c5C)CC4)n3)no2)C(C)C)cc1. The number of nitroso groups, excluding NO2 is 1. The molecular weight excluding hydrogens is 853 g/mol. The number of hydrogen-bond donors (Lipinski definition) is 3. The first kappa shape index (κ1) is 42.9. The smallest absolute Gasteiger partial charge is 0.325 e. The van der Waals surface area contributed by atoms with Crippen molar-refractivity contribution in [1.29, 1.82) is 0 Å². The van der Waals surface area contributed by atoms with Crippen LogP contribution in [-0.4, -0.2) is 88.1 Å². The zero-order valence-corrected chi connectivity index (χ0v) is 37.7. The van der Waals surface area contributed by atoms with Gasteiger partial charge in [-0.3, -0.25) is 9.69 Å². The van der Waals surface area contributed by atoms with Gasteiger partial charge >= 0.3 is 12.2 Å². The molecule has 4 atom stereocenters. The molecule has 0 radical (unpaired) electrons. The number of fused-ring (bicyclic) bond motifs is 1. The van der Waals surface area contributed by atoms with Crippen molar-refractivity contribution in [2.75, 3.05) is 24.5 Å². The number of carbonyl (C=O) groups is 1. The molecule has 64 heavy (non-hydrogen) atoms. The zero-order chi connectivity index (χ0) is 44.6. The van der Waals surface area contributed by atoms with E-state index in [1.807, 2.05) is 81.7 Å². The first-order valence-electron chi connectivity index (χ1n) is 21.4. The van der Waals surface area contributed by atoms with Crippen molar-refractivity contribution in [1.82, 2.24) is 40.6 Å². The van der Waals surface area contributed by atoms with Gasteiger partial charge in [-0.2, -0.15) is 4.98 Å². The number of nitrogens with one attached hydrogen (secondary N) is 1. The molecule has 1 amide bonds. The van der Waals surface area contributed by atoms with Gasteiger partial charge in [0.2, 0.25) is 5.91 Å². The number of nitrogens with zero attached hydrogens (tertiary/aromatic N) is 9. The van der Waals surface area contributed by atoms with Crippen molar-refractivity contribution in [3.05, 3.63) is 111 Å². The number of β-amino-alcohol motifs (C(OH)–C–C–N with tert-alkyl or cyclic N) is 1. The number of aromatic hydroxyl groups is 1. The number of benzene rings is 2. The van der Waals surface area contributed by atoms with Crippen LogP contribution in [0.5, 0.6) is 17.6 Å². The summed E-state index contributed by atoms with van der Waals surface area (Å²) in [6.07, 6.45) is 1.74. The van der Waals surface area contributed by atoms with Gasteiger partial charge in [0, 0.05) is 41.2 Å². The maximum atomic E-state index is 14.3. The summed E-state index contributed by atoms with van der Waals surface area (Å²) in [5.74, 6) is 0.190. The number of aromatic nitrogens is 6. The van der Waals surface area contributed by atoms with E-state index >= 15 is 0 Å². The lowest BCUT2D eigenvalue weighted by atomic mass is 9.91. The highest BCUT2D eigenvalue weighted by molar-refractivity contribution is 7.19. The van der Waals surface area contributed by atoms with Crippen molar-refractivity contribution in [2.24, 2.45) is 5.92 Å². The van der Waals surface area contributed by atoms with Crippen LogP contribution in [0.4, 0.5) is 5.82 Å². The molecule has 9 rings (SSSR count). The number of anilines is 1. The van der Waals surface area contributed by atoms with Crippen LogP contribution in [0.25, 0.3) is 31.9 Å². The van der Waals surface area contributed by atoms with E-state index in [1.54, 1.807) is 47.1 Å². The first-order chi connectivity index (χ1) is 30.9. The molecule has 18 heteroatoms. The van der Waals surface area contributed by atoms with E-state index in [4.69, 9.17) is 14.2 Å². The molecule has 0 bridgehead atoms. The lowest BCUT2D eigenvalue weighted by Gasteiger charge is -2.32. The molecule has 3 N–H and O–H groups in total. The number of thiazole rings is 1. The van der Waals surface area contributed by atoms with Gasteiger partial charge in [0.05, 0.1) is 45.8 Å². The Morgan fingerprint density at radius 3 is 2.53 bits per heavy atom. The highest BCUT2D eigenvalue weighted by atomic mass is 32.1. The number of aliphatic hydroxyl groups is 1. The summed E-state index contributed by atoms with van der Waals surface area (Å²) in [4.78, 5) is 48.9. The molecule has 2 aliphatic heterocycles. The third-order valence-corrected chi connectivity index (χ3v) is 14.5. The van der Waals surface area contributed by atoms with Crippen LogP contribution >= 0.6 is 22.7 Å². The molecular formula is C46H49N10O6S2+. The number of piperidine rings is 1. The van der Waals surface area contributed by atoms with Crippen LogP contribution in [0, 0.1) is 24.7 Å². The van der Waals surface area contributed by atoms with Gasteiger partial charge in [0.1, 0.15) is 33.2 Å². The first-order valence-corrected chi connectivity index (χ1v) is 23.1. The lowest BCUT2D eigenvalue weighted by molar-refractivity contribution is -0.660. The highest BCUT2D eigenvalue weighted by Crippen LogP contribution is 2.41. The average Bonchev–Trinajstić information content (AvgIpc) is 4.11. The van der Waals surface area contributed by atoms with E-state index in [0.29, 0.717) is 22.0 Å². The van der Waals surface area contributed by atoms with Crippen LogP contribution in [0.1, 0.15) is 85.4 Å². The Labute approximate surface area is 377 Å². The zero-order valence-electron chi connectivity index (χ0n) is 36.1. The van der Waals surface area contributed by atoms with E-state index in [9.17, 15) is 19.9 Å². The van der Waals surface area contributed by atoms with Crippen LogP contribution in [0.15, 0.2) is 83.0 Å². The largest absolute Gasteiger partial charge is 0.507 e. The van der Waals surface area contributed by atoms with Crippen LogP contribution < -0.4 is 15.1 Å². The van der Waals surface area contributed by atoms with Crippen molar-refractivity contribution >= 4 is 44.6 Å². The maximum Gasteiger partial charge on any atom is 0.325 e. The van der Waals surface area contributed by atoms with E-state index in [-0.39, 0.29) is 54.2 Å². The number of carbonyl (C=O) groups excluding carboxylic acids is 1. The number of thiophene rings is 1. The summed E-state index contributed by atoms with van der Waals surface area (Å²) in [6, 6.07) is 20.3. The van der Waals surface area contributed by atoms with E-state index in [0.717, 1.165) is 63.7 Å². The van der Waals surface area contributed by atoms with Crippen molar-refractivity contribution in [3.8, 4) is 39.3 Å². The van der Waals surface area contributed by atoms with Crippen LogP contribution in [0.3, 0.4) is 0 Å². The molecule has 7 aromatic rings.